The van der Waals surface area contributed by atoms with E-state index in [1.807, 2.05) is 0 Å². The Hall–Kier alpha value is -1.92. The van der Waals surface area contributed by atoms with Gasteiger partial charge in [-0.25, -0.2) is 14.2 Å². The third kappa shape index (κ3) is 11.9. The number of ether oxygens (including phenoxy) is 1. The first kappa shape index (κ1) is 26.1. The Bertz CT molecular complexity index is 699. The predicted molar refractivity (Wildman–Crippen MR) is 118 cm³/mol. The smallest absolute Gasteiger partial charge is 0.422 e. The van der Waals surface area contributed by atoms with Crippen molar-refractivity contribution in [1.82, 2.24) is 9.55 Å². The van der Waals surface area contributed by atoms with E-state index in [2.05, 4.69) is 6.92 Å². The third-order valence-electron chi connectivity index (χ3n) is 5.32. The summed E-state index contributed by atoms with van der Waals surface area (Å²) in [7, 11) is 0. The van der Waals surface area contributed by atoms with Gasteiger partial charge in [0.1, 0.15) is 0 Å². The van der Waals surface area contributed by atoms with Gasteiger partial charge in [0.05, 0.1) is 12.8 Å². The molecule has 172 valence electrons. The summed E-state index contributed by atoms with van der Waals surface area (Å²) < 4.78 is 18.5. The fourth-order valence-electron chi connectivity index (χ4n) is 3.46. The van der Waals surface area contributed by atoms with Crippen LogP contribution in [0.3, 0.4) is 0 Å². The number of nitrogens with zero attached hydrogens (tertiary/aromatic N) is 1. The van der Waals surface area contributed by atoms with Crippen LogP contribution in [0.2, 0.25) is 0 Å². The van der Waals surface area contributed by atoms with Gasteiger partial charge in [-0.05, 0) is 6.42 Å². The van der Waals surface area contributed by atoms with Crippen LogP contribution in [0.25, 0.3) is 0 Å². The molecular formula is C23H39FN2O4. The Morgan fingerprint density at radius 2 is 1.27 bits per heavy atom. The van der Waals surface area contributed by atoms with Crippen molar-refractivity contribution >= 4 is 6.09 Å². The summed E-state index contributed by atoms with van der Waals surface area (Å²) in [6.07, 6.45) is 19.7. The largest absolute Gasteiger partial charge is 0.449 e. The summed E-state index contributed by atoms with van der Waals surface area (Å²) >= 11 is 0. The molecule has 1 aromatic heterocycles. The number of halogens is 1. The monoisotopic (exact) mass is 426 g/mol. The molecule has 7 heteroatoms. The summed E-state index contributed by atoms with van der Waals surface area (Å²) in [4.78, 5) is 35.9. The average molecular weight is 427 g/mol. The first-order valence-corrected chi connectivity index (χ1v) is 11.7. The van der Waals surface area contributed by atoms with Crippen molar-refractivity contribution in [1.29, 1.82) is 0 Å². The number of carbonyl (C=O) groups excluding carboxylic acids is 1. The number of nitrogens with one attached hydrogen (secondary N) is 1. The van der Waals surface area contributed by atoms with Crippen molar-refractivity contribution in [3.63, 3.8) is 0 Å². The highest BCUT2D eigenvalue weighted by atomic mass is 19.1. The summed E-state index contributed by atoms with van der Waals surface area (Å²) in [6, 6.07) is 0. The lowest BCUT2D eigenvalue weighted by Crippen LogP contribution is -2.35. The molecule has 0 aromatic carbocycles. The van der Waals surface area contributed by atoms with Crippen LogP contribution in [-0.2, 0) is 4.74 Å². The molecule has 0 amide bonds. The number of aromatic nitrogens is 2. The van der Waals surface area contributed by atoms with E-state index in [1.165, 1.54) is 83.5 Å². The molecule has 0 saturated heterocycles. The molecule has 0 unspecified atom stereocenters. The molecule has 0 aliphatic heterocycles. The molecule has 0 saturated carbocycles. The molecule has 0 fully saturated rings. The lowest BCUT2D eigenvalue weighted by atomic mass is 10.0. The summed E-state index contributed by atoms with van der Waals surface area (Å²) in [5, 5.41) is 0. The molecule has 30 heavy (non-hydrogen) atoms. The van der Waals surface area contributed by atoms with Gasteiger partial charge in [-0.2, -0.15) is 4.39 Å². The number of hydrogen-bond acceptors (Lipinski definition) is 4. The Balaban J connectivity index is 1.90. The number of hydrogen-bond donors (Lipinski definition) is 1. The van der Waals surface area contributed by atoms with E-state index in [-0.39, 0.29) is 6.61 Å². The number of unbranched alkanes of at least 4 members (excludes halogenated alkanes) is 15. The van der Waals surface area contributed by atoms with Crippen molar-refractivity contribution in [3.05, 3.63) is 32.9 Å². The van der Waals surface area contributed by atoms with Crippen molar-refractivity contribution in [2.45, 2.75) is 110 Å². The minimum atomic E-state index is -1.20. The molecular weight excluding hydrogens is 387 g/mol. The van der Waals surface area contributed by atoms with E-state index >= 15 is 0 Å². The first-order valence-electron chi connectivity index (χ1n) is 11.7. The highest BCUT2D eigenvalue weighted by Gasteiger charge is 2.11. The predicted octanol–water partition coefficient (Wildman–Crippen LogP) is 5.92. The minimum Gasteiger partial charge on any atom is -0.449 e. The molecule has 0 aliphatic carbocycles. The molecule has 0 bridgehead atoms. The minimum absolute atomic E-state index is 0.171. The van der Waals surface area contributed by atoms with E-state index in [9.17, 15) is 18.8 Å². The van der Waals surface area contributed by atoms with Gasteiger partial charge in [-0.3, -0.25) is 9.78 Å². The zero-order chi connectivity index (χ0) is 22.0. The van der Waals surface area contributed by atoms with E-state index in [1.54, 1.807) is 4.98 Å². The maximum absolute atomic E-state index is 13.2. The van der Waals surface area contributed by atoms with Gasteiger partial charge in [0, 0.05) is 0 Å². The Kier molecular flexibility index (Phi) is 14.7. The zero-order valence-electron chi connectivity index (χ0n) is 18.6. The summed E-state index contributed by atoms with van der Waals surface area (Å²) in [5.74, 6) is -1.20. The van der Waals surface area contributed by atoms with Crippen molar-refractivity contribution in [2.24, 2.45) is 0 Å². The SMILES string of the molecule is CCCCCCCCCCCCCCCCCCOC(=O)n1cc(F)c(=O)[nH]c1=O. The van der Waals surface area contributed by atoms with E-state index in [4.69, 9.17) is 4.74 Å². The molecule has 1 aromatic rings. The second kappa shape index (κ2) is 16.8. The van der Waals surface area contributed by atoms with Crippen LogP contribution < -0.4 is 11.2 Å². The van der Waals surface area contributed by atoms with E-state index in [0.717, 1.165) is 12.8 Å². The van der Waals surface area contributed by atoms with Gasteiger partial charge >= 0.3 is 11.8 Å². The van der Waals surface area contributed by atoms with Crippen LogP contribution in [0.15, 0.2) is 15.8 Å². The number of aromatic amines is 1. The van der Waals surface area contributed by atoms with Crippen LogP contribution in [0, 0.1) is 5.82 Å². The molecule has 1 N–H and O–H groups in total. The highest BCUT2D eigenvalue weighted by Crippen LogP contribution is 2.13. The van der Waals surface area contributed by atoms with Crippen LogP contribution in [-0.4, -0.2) is 22.3 Å². The summed E-state index contributed by atoms with van der Waals surface area (Å²) in [6.45, 7) is 2.42. The fourth-order valence-corrected chi connectivity index (χ4v) is 3.46. The lowest BCUT2D eigenvalue weighted by molar-refractivity contribution is 0.143. The number of H-pyrrole nitrogens is 1. The lowest BCUT2D eigenvalue weighted by Gasteiger charge is -2.06. The van der Waals surface area contributed by atoms with Crippen LogP contribution in [0.5, 0.6) is 0 Å². The molecule has 1 rings (SSSR count). The quantitative estimate of drug-likeness (QED) is 0.313. The maximum Gasteiger partial charge on any atom is 0.422 e. The van der Waals surface area contributed by atoms with E-state index < -0.39 is 23.2 Å². The number of carbonyl (C=O) groups is 1. The van der Waals surface area contributed by atoms with Gasteiger partial charge in [0.15, 0.2) is 0 Å². The second-order valence-corrected chi connectivity index (χ2v) is 8.02. The van der Waals surface area contributed by atoms with Crippen molar-refractivity contribution in [3.8, 4) is 0 Å². The zero-order valence-corrected chi connectivity index (χ0v) is 18.6. The summed E-state index contributed by atoms with van der Waals surface area (Å²) in [5.41, 5.74) is -2.15. The first-order chi connectivity index (χ1) is 14.6. The van der Waals surface area contributed by atoms with Gasteiger partial charge in [0.2, 0.25) is 5.82 Å². The van der Waals surface area contributed by atoms with Crippen LogP contribution in [0.4, 0.5) is 9.18 Å². The Labute approximate surface area is 179 Å². The molecule has 0 atom stereocenters. The van der Waals surface area contributed by atoms with Crippen LogP contribution in [0.1, 0.15) is 110 Å². The highest BCUT2D eigenvalue weighted by molar-refractivity contribution is 5.69. The molecule has 1 heterocycles. The molecule has 0 spiro atoms. The van der Waals surface area contributed by atoms with Crippen molar-refractivity contribution in [2.75, 3.05) is 6.61 Å². The van der Waals surface area contributed by atoms with Gasteiger partial charge in [-0.1, -0.05) is 103 Å². The van der Waals surface area contributed by atoms with Gasteiger partial charge < -0.3 is 4.74 Å². The number of rotatable bonds is 17. The normalized spacial score (nSPS) is 11.0. The van der Waals surface area contributed by atoms with Gasteiger partial charge in [0.25, 0.3) is 5.56 Å². The van der Waals surface area contributed by atoms with Crippen molar-refractivity contribution < 1.29 is 13.9 Å². The standard InChI is InChI=1S/C23H39FN2O4/c1-2-3-4-5-6-7-8-9-10-11-12-13-14-15-16-17-18-30-23(29)26-19-20(24)21(27)25-22(26)28/h19H,2-18H2,1H3,(H,25,27,28). The Morgan fingerprint density at radius 3 is 1.73 bits per heavy atom. The topological polar surface area (TPSA) is 81.2 Å². The molecule has 0 aliphatic rings. The molecule has 0 radical (unpaired) electrons. The average Bonchev–Trinajstić information content (AvgIpc) is 2.72. The fraction of sp³-hybridized carbons (Fsp3) is 0.783. The van der Waals surface area contributed by atoms with Crippen LogP contribution >= 0.6 is 0 Å². The Morgan fingerprint density at radius 1 is 0.833 bits per heavy atom. The third-order valence-corrected chi connectivity index (χ3v) is 5.32. The second-order valence-electron chi connectivity index (χ2n) is 8.02. The molecule has 6 nitrogen and oxygen atoms in total. The van der Waals surface area contributed by atoms with E-state index in [0.29, 0.717) is 17.2 Å². The maximum atomic E-state index is 13.2. The van der Waals surface area contributed by atoms with Gasteiger partial charge in [-0.15, -0.1) is 0 Å².